The van der Waals surface area contributed by atoms with E-state index >= 15 is 0 Å². The molecule has 0 bridgehead atoms. The van der Waals surface area contributed by atoms with Crippen molar-refractivity contribution in [3.63, 3.8) is 0 Å². The van der Waals surface area contributed by atoms with Gasteiger partial charge in [-0.05, 0) is 38.2 Å². The quantitative estimate of drug-likeness (QED) is 0.577. The van der Waals surface area contributed by atoms with Crippen LogP contribution in [0.4, 0.5) is 5.69 Å². The van der Waals surface area contributed by atoms with E-state index < -0.39 is 0 Å². The predicted octanol–water partition coefficient (Wildman–Crippen LogP) is 4.42. The average molecular weight is 297 g/mol. The summed E-state index contributed by atoms with van der Waals surface area (Å²) in [6.45, 7) is 8.75. The minimum Gasteiger partial charge on any atom is -0.389 e. The van der Waals surface area contributed by atoms with Gasteiger partial charge in [0.25, 0.3) is 0 Å². The molecule has 106 valence electrons. The Morgan fingerprint density at radius 2 is 2.05 bits per heavy atom. The summed E-state index contributed by atoms with van der Waals surface area (Å²) in [5.74, 6) is 1.01. The van der Waals surface area contributed by atoms with E-state index in [4.69, 9.17) is 18.0 Å². The Bertz CT molecular complexity index is 442. The van der Waals surface area contributed by atoms with Crippen molar-refractivity contribution in [2.24, 2.45) is 5.73 Å². The second-order valence-electron chi connectivity index (χ2n) is 5.23. The maximum atomic E-state index is 5.92. The lowest BCUT2D eigenvalue weighted by atomic mass is 9.97. The fourth-order valence-corrected chi connectivity index (χ4v) is 3.35. The number of rotatable bonds is 7. The van der Waals surface area contributed by atoms with Crippen molar-refractivity contribution < 1.29 is 0 Å². The molecule has 0 fully saturated rings. The Kier molecular flexibility index (Phi) is 6.14. The molecule has 0 aliphatic carbocycles. The van der Waals surface area contributed by atoms with Crippen molar-refractivity contribution in [3.05, 3.63) is 23.8 Å². The highest BCUT2D eigenvalue weighted by molar-refractivity contribution is 7.99. The summed E-state index contributed by atoms with van der Waals surface area (Å²) in [5, 5.41) is 3.59. The summed E-state index contributed by atoms with van der Waals surface area (Å²) in [6.07, 6.45) is 2.25. The van der Waals surface area contributed by atoms with Gasteiger partial charge in [-0.15, -0.1) is 11.8 Å². The van der Waals surface area contributed by atoms with Crippen LogP contribution < -0.4 is 11.1 Å². The number of benzene rings is 1. The Labute approximate surface area is 126 Å². The maximum absolute atomic E-state index is 5.92. The summed E-state index contributed by atoms with van der Waals surface area (Å²) in [6, 6.07) is 6.20. The highest BCUT2D eigenvalue weighted by Gasteiger charge is 2.19. The van der Waals surface area contributed by atoms with Crippen LogP contribution in [0.2, 0.25) is 0 Å². The van der Waals surface area contributed by atoms with E-state index in [-0.39, 0.29) is 5.54 Å². The van der Waals surface area contributed by atoms with Gasteiger partial charge in [0, 0.05) is 21.7 Å². The summed E-state index contributed by atoms with van der Waals surface area (Å²) < 4.78 is 0. The standard InChI is InChI=1S/C15H24N2S2/c1-5-10-15(3,4)17-11-8-7-9-12(19-6-2)13(11)14(16)18/h7-9,17H,5-6,10H2,1-4H3,(H2,16,18). The van der Waals surface area contributed by atoms with Crippen LogP contribution in [-0.2, 0) is 0 Å². The van der Waals surface area contributed by atoms with Gasteiger partial charge in [0.1, 0.15) is 4.99 Å². The molecule has 2 nitrogen and oxygen atoms in total. The molecule has 3 N–H and O–H groups in total. The zero-order valence-corrected chi connectivity index (χ0v) is 13.9. The van der Waals surface area contributed by atoms with E-state index in [0.29, 0.717) is 4.99 Å². The van der Waals surface area contributed by atoms with E-state index in [0.717, 1.165) is 34.7 Å². The van der Waals surface area contributed by atoms with E-state index in [9.17, 15) is 0 Å². The molecule has 0 aliphatic heterocycles. The SMILES string of the molecule is CCCC(C)(C)Nc1cccc(SCC)c1C(N)=S. The fourth-order valence-electron chi connectivity index (χ4n) is 2.22. The van der Waals surface area contributed by atoms with Crippen LogP contribution in [0.3, 0.4) is 0 Å². The van der Waals surface area contributed by atoms with Gasteiger partial charge in [-0.25, -0.2) is 0 Å². The average Bonchev–Trinajstić information content (AvgIpc) is 2.28. The molecule has 19 heavy (non-hydrogen) atoms. The Balaban J connectivity index is 3.13. The fraction of sp³-hybridized carbons (Fsp3) is 0.533. The first-order valence-electron chi connectivity index (χ1n) is 6.75. The molecule has 0 aliphatic rings. The molecule has 4 heteroatoms. The van der Waals surface area contributed by atoms with E-state index in [1.165, 1.54) is 0 Å². The zero-order chi connectivity index (χ0) is 14.5. The van der Waals surface area contributed by atoms with E-state index in [1.54, 1.807) is 11.8 Å². The Morgan fingerprint density at radius 1 is 1.37 bits per heavy atom. The zero-order valence-electron chi connectivity index (χ0n) is 12.2. The first kappa shape index (κ1) is 16.3. The Hall–Kier alpha value is -0.740. The van der Waals surface area contributed by atoms with E-state index in [1.807, 2.05) is 0 Å². The van der Waals surface area contributed by atoms with Crippen LogP contribution in [0.5, 0.6) is 0 Å². The highest BCUT2D eigenvalue weighted by Crippen LogP contribution is 2.31. The topological polar surface area (TPSA) is 38.0 Å². The smallest absolute Gasteiger partial charge is 0.107 e. The third-order valence-electron chi connectivity index (χ3n) is 2.92. The summed E-state index contributed by atoms with van der Waals surface area (Å²) in [7, 11) is 0. The van der Waals surface area contributed by atoms with Crippen LogP contribution in [-0.4, -0.2) is 16.3 Å². The monoisotopic (exact) mass is 296 g/mol. The number of anilines is 1. The van der Waals surface area contributed by atoms with Gasteiger partial charge < -0.3 is 11.1 Å². The minimum atomic E-state index is 0.0454. The van der Waals surface area contributed by atoms with Crippen LogP contribution >= 0.6 is 24.0 Å². The molecule has 0 unspecified atom stereocenters. The minimum absolute atomic E-state index is 0.0454. The lowest BCUT2D eigenvalue weighted by Crippen LogP contribution is -2.31. The van der Waals surface area contributed by atoms with Crippen molar-refractivity contribution in [3.8, 4) is 0 Å². The molecule has 1 rings (SSSR count). The molecule has 0 aromatic heterocycles. The second-order valence-corrected chi connectivity index (χ2v) is 6.98. The normalized spacial score (nSPS) is 11.4. The van der Waals surface area contributed by atoms with Gasteiger partial charge in [-0.2, -0.15) is 0 Å². The third kappa shape index (κ3) is 4.69. The molecule has 0 heterocycles. The van der Waals surface area contributed by atoms with Gasteiger partial charge in [-0.3, -0.25) is 0 Å². The number of thiocarbonyl (C=S) groups is 1. The highest BCUT2D eigenvalue weighted by atomic mass is 32.2. The molecular weight excluding hydrogens is 272 g/mol. The number of hydrogen-bond acceptors (Lipinski definition) is 3. The Morgan fingerprint density at radius 3 is 2.58 bits per heavy atom. The lowest BCUT2D eigenvalue weighted by molar-refractivity contribution is 0.511. The second kappa shape index (κ2) is 7.15. The molecule has 0 saturated heterocycles. The molecular formula is C15H24N2S2. The van der Waals surface area contributed by atoms with Gasteiger partial charge in [-0.1, -0.05) is 38.6 Å². The van der Waals surface area contributed by atoms with Crippen LogP contribution in [0.15, 0.2) is 23.1 Å². The maximum Gasteiger partial charge on any atom is 0.107 e. The van der Waals surface area contributed by atoms with Crippen molar-refractivity contribution in [1.29, 1.82) is 0 Å². The molecule has 0 saturated carbocycles. The van der Waals surface area contributed by atoms with Crippen molar-refractivity contribution in [2.45, 2.75) is 51.0 Å². The van der Waals surface area contributed by atoms with E-state index in [2.05, 4.69) is 51.2 Å². The molecule has 0 amide bonds. The number of thioether (sulfide) groups is 1. The summed E-state index contributed by atoms with van der Waals surface area (Å²) >= 11 is 7.01. The molecule has 1 aromatic rings. The van der Waals surface area contributed by atoms with Crippen molar-refractivity contribution >= 4 is 34.7 Å². The van der Waals surface area contributed by atoms with Gasteiger partial charge >= 0.3 is 0 Å². The first-order chi connectivity index (χ1) is 8.91. The van der Waals surface area contributed by atoms with Gasteiger partial charge in [0.05, 0.1) is 0 Å². The third-order valence-corrected chi connectivity index (χ3v) is 4.06. The largest absolute Gasteiger partial charge is 0.389 e. The first-order valence-corrected chi connectivity index (χ1v) is 8.14. The molecule has 1 aromatic carbocycles. The number of hydrogen-bond donors (Lipinski definition) is 2. The summed E-state index contributed by atoms with van der Waals surface area (Å²) in [4.78, 5) is 1.62. The molecule has 0 radical (unpaired) electrons. The van der Waals surface area contributed by atoms with Crippen LogP contribution in [0, 0.1) is 0 Å². The van der Waals surface area contributed by atoms with Crippen molar-refractivity contribution in [1.82, 2.24) is 0 Å². The van der Waals surface area contributed by atoms with Crippen LogP contribution in [0.1, 0.15) is 46.1 Å². The number of nitrogens with two attached hydrogens (primary N) is 1. The van der Waals surface area contributed by atoms with Gasteiger partial charge in [0.2, 0.25) is 0 Å². The van der Waals surface area contributed by atoms with Crippen LogP contribution in [0.25, 0.3) is 0 Å². The van der Waals surface area contributed by atoms with Gasteiger partial charge in [0.15, 0.2) is 0 Å². The predicted molar refractivity (Wildman–Crippen MR) is 91.3 cm³/mol. The molecule has 0 atom stereocenters. The lowest BCUT2D eigenvalue weighted by Gasteiger charge is -2.29. The summed E-state index contributed by atoms with van der Waals surface area (Å²) in [5.41, 5.74) is 7.99. The van der Waals surface area contributed by atoms with Crippen molar-refractivity contribution in [2.75, 3.05) is 11.1 Å². The number of nitrogens with one attached hydrogen (secondary N) is 1. The molecule has 0 spiro atoms.